The van der Waals surface area contributed by atoms with Gasteiger partial charge in [-0.15, -0.1) is 0 Å². The molecule has 0 aliphatic rings. The van der Waals surface area contributed by atoms with Gasteiger partial charge in [0.25, 0.3) is 0 Å². The summed E-state index contributed by atoms with van der Waals surface area (Å²) in [6.45, 7) is 12.6. The normalized spacial score (nSPS) is 12.1. The van der Waals surface area contributed by atoms with Crippen LogP contribution in [0.5, 0.6) is 0 Å². The van der Waals surface area contributed by atoms with Crippen LogP contribution in [0, 0.1) is 17.2 Å². The first-order valence-electron chi connectivity index (χ1n) is 7.29. The lowest BCUT2D eigenvalue weighted by Crippen LogP contribution is -2.29. The third kappa shape index (κ3) is 4.37. The zero-order valence-electron chi connectivity index (χ0n) is 13.1. The van der Waals surface area contributed by atoms with Crippen molar-refractivity contribution >= 4 is 11.6 Å². The number of nitriles is 1. The van der Waals surface area contributed by atoms with Crippen LogP contribution < -0.4 is 10.2 Å². The zero-order valence-corrected chi connectivity index (χ0v) is 13.1. The molecule has 5 heteroatoms. The number of anilines is 2. The number of rotatable bonds is 7. The maximum absolute atomic E-state index is 8.99. The highest BCUT2D eigenvalue weighted by molar-refractivity contribution is 5.49. The lowest BCUT2D eigenvalue weighted by Gasteiger charge is -2.24. The molecule has 0 radical (unpaired) electrons. The molecular weight excluding hydrogens is 250 g/mol. The van der Waals surface area contributed by atoms with Crippen LogP contribution in [0.2, 0.25) is 0 Å². The SMILES string of the molecule is CCNc1cc(N(CC)CC(C)C#N)nc(C(C)C)n1. The fourth-order valence-corrected chi connectivity index (χ4v) is 1.90. The number of nitrogens with one attached hydrogen (secondary N) is 1. The molecule has 1 atom stereocenters. The topological polar surface area (TPSA) is 64.8 Å². The van der Waals surface area contributed by atoms with E-state index >= 15 is 0 Å². The molecule has 0 bridgehead atoms. The van der Waals surface area contributed by atoms with Crippen molar-refractivity contribution in [3.05, 3.63) is 11.9 Å². The molecular formula is C15H25N5. The summed E-state index contributed by atoms with van der Waals surface area (Å²) in [5, 5.41) is 12.2. The van der Waals surface area contributed by atoms with E-state index < -0.39 is 0 Å². The van der Waals surface area contributed by atoms with Crippen LogP contribution in [0.15, 0.2) is 6.07 Å². The molecule has 0 aromatic carbocycles. The van der Waals surface area contributed by atoms with Gasteiger partial charge in [0.05, 0.1) is 12.0 Å². The van der Waals surface area contributed by atoms with Crippen molar-refractivity contribution in [3.63, 3.8) is 0 Å². The van der Waals surface area contributed by atoms with E-state index in [1.54, 1.807) is 0 Å². The fourth-order valence-electron chi connectivity index (χ4n) is 1.90. The minimum absolute atomic E-state index is 0.0185. The van der Waals surface area contributed by atoms with Gasteiger partial charge in [0, 0.05) is 31.6 Å². The molecule has 0 spiro atoms. The molecule has 1 aromatic rings. The van der Waals surface area contributed by atoms with Crippen molar-refractivity contribution in [3.8, 4) is 6.07 Å². The smallest absolute Gasteiger partial charge is 0.135 e. The van der Waals surface area contributed by atoms with Crippen LogP contribution in [0.25, 0.3) is 0 Å². The molecule has 0 amide bonds. The summed E-state index contributed by atoms with van der Waals surface area (Å²) in [4.78, 5) is 11.3. The van der Waals surface area contributed by atoms with Crippen LogP contribution in [-0.2, 0) is 0 Å². The summed E-state index contributed by atoms with van der Waals surface area (Å²) in [5.74, 6) is 2.84. The first-order valence-corrected chi connectivity index (χ1v) is 7.29. The predicted octanol–water partition coefficient (Wildman–Crippen LogP) is 3.02. The molecule has 0 saturated carbocycles. The molecule has 1 rings (SSSR count). The van der Waals surface area contributed by atoms with Gasteiger partial charge >= 0.3 is 0 Å². The maximum atomic E-state index is 8.99. The minimum Gasteiger partial charge on any atom is -0.370 e. The summed E-state index contributed by atoms with van der Waals surface area (Å²) < 4.78 is 0. The highest BCUT2D eigenvalue weighted by atomic mass is 15.2. The number of aromatic nitrogens is 2. The summed E-state index contributed by atoms with van der Waals surface area (Å²) in [7, 11) is 0. The van der Waals surface area contributed by atoms with Gasteiger partial charge in [-0.05, 0) is 20.8 Å². The first kappa shape index (κ1) is 16.2. The molecule has 1 heterocycles. The molecule has 20 heavy (non-hydrogen) atoms. The third-order valence-corrected chi connectivity index (χ3v) is 3.02. The van der Waals surface area contributed by atoms with Crippen molar-refractivity contribution in [2.24, 2.45) is 5.92 Å². The Morgan fingerprint density at radius 3 is 2.50 bits per heavy atom. The molecule has 0 aliphatic heterocycles. The van der Waals surface area contributed by atoms with Crippen LogP contribution in [-0.4, -0.2) is 29.6 Å². The summed E-state index contributed by atoms with van der Waals surface area (Å²) in [5.41, 5.74) is 0. The van der Waals surface area contributed by atoms with Crippen LogP contribution in [0.1, 0.15) is 46.4 Å². The van der Waals surface area contributed by atoms with Crippen LogP contribution >= 0.6 is 0 Å². The predicted molar refractivity (Wildman–Crippen MR) is 82.9 cm³/mol. The van der Waals surface area contributed by atoms with Gasteiger partial charge in [0.15, 0.2) is 0 Å². The van der Waals surface area contributed by atoms with Crippen LogP contribution in [0.4, 0.5) is 11.6 Å². The maximum Gasteiger partial charge on any atom is 0.135 e. The van der Waals surface area contributed by atoms with E-state index in [0.29, 0.717) is 6.54 Å². The first-order chi connectivity index (χ1) is 9.51. The van der Waals surface area contributed by atoms with E-state index in [4.69, 9.17) is 5.26 Å². The van der Waals surface area contributed by atoms with Gasteiger partial charge in [-0.25, -0.2) is 9.97 Å². The van der Waals surface area contributed by atoms with E-state index in [1.807, 2.05) is 19.9 Å². The third-order valence-electron chi connectivity index (χ3n) is 3.02. The van der Waals surface area contributed by atoms with Crippen molar-refractivity contribution in [1.82, 2.24) is 9.97 Å². The summed E-state index contributed by atoms with van der Waals surface area (Å²) in [6.07, 6.45) is 0. The fraction of sp³-hybridized carbons (Fsp3) is 0.667. The van der Waals surface area contributed by atoms with E-state index in [9.17, 15) is 0 Å². The molecule has 0 saturated heterocycles. The van der Waals surface area contributed by atoms with Gasteiger partial charge in [-0.3, -0.25) is 0 Å². The van der Waals surface area contributed by atoms with E-state index in [0.717, 1.165) is 30.5 Å². The Bertz CT molecular complexity index is 464. The standard InChI is InChI=1S/C15H25N5/c1-6-17-13-8-14(19-15(18-13)11(3)4)20(7-2)10-12(5)9-16/h8,11-12H,6-7,10H2,1-5H3,(H,17,18,19). The van der Waals surface area contributed by atoms with Crippen molar-refractivity contribution in [2.45, 2.75) is 40.5 Å². The monoisotopic (exact) mass is 275 g/mol. The highest BCUT2D eigenvalue weighted by Gasteiger charge is 2.14. The second kappa shape index (κ2) is 7.68. The van der Waals surface area contributed by atoms with Gasteiger partial charge in [-0.2, -0.15) is 5.26 Å². The second-order valence-corrected chi connectivity index (χ2v) is 5.22. The van der Waals surface area contributed by atoms with Crippen LogP contribution in [0.3, 0.4) is 0 Å². The minimum atomic E-state index is -0.0185. The van der Waals surface area contributed by atoms with E-state index in [1.165, 1.54) is 0 Å². The molecule has 1 aromatic heterocycles. The van der Waals surface area contributed by atoms with Gasteiger partial charge in [-0.1, -0.05) is 13.8 Å². The lowest BCUT2D eigenvalue weighted by atomic mass is 10.2. The highest BCUT2D eigenvalue weighted by Crippen LogP contribution is 2.20. The lowest BCUT2D eigenvalue weighted by molar-refractivity contribution is 0.671. The molecule has 0 fully saturated rings. The molecule has 0 aliphatic carbocycles. The Kier molecular flexibility index (Phi) is 6.23. The number of hydrogen-bond donors (Lipinski definition) is 1. The Hall–Kier alpha value is -1.83. The largest absolute Gasteiger partial charge is 0.370 e. The zero-order chi connectivity index (χ0) is 15.1. The van der Waals surface area contributed by atoms with E-state index in [2.05, 4.69) is 47.0 Å². The Morgan fingerprint density at radius 1 is 1.30 bits per heavy atom. The Balaban J connectivity index is 3.10. The van der Waals surface area contributed by atoms with Crippen molar-refractivity contribution < 1.29 is 0 Å². The van der Waals surface area contributed by atoms with Gasteiger partial charge < -0.3 is 10.2 Å². The Morgan fingerprint density at radius 2 is 2.00 bits per heavy atom. The van der Waals surface area contributed by atoms with Crippen molar-refractivity contribution in [1.29, 1.82) is 5.26 Å². The van der Waals surface area contributed by atoms with Crippen molar-refractivity contribution in [2.75, 3.05) is 29.9 Å². The number of nitrogens with zero attached hydrogens (tertiary/aromatic N) is 4. The second-order valence-electron chi connectivity index (χ2n) is 5.22. The van der Waals surface area contributed by atoms with E-state index in [-0.39, 0.29) is 11.8 Å². The summed E-state index contributed by atoms with van der Waals surface area (Å²) in [6, 6.07) is 4.24. The number of hydrogen-bond acceptors (Lipinski definition) is 5. The molecule has 5 nitrogen and oxygen atoms in total. The van der Waals surface area contributed by atoms with Gasteiger partial charge in [0.1, 0.15) is 17.5 Å². The molecule has 1 unspecified atom stereocenters. The Labute approximate surface area is 122 Å². The molecule has 110 valence electrons. The van der Waals surface area contributed by atoms with Gasteiger partial charge in [0.2, 0.25) is 0 Å². The average molecular weight is 275 g/mol. The summed E-state index contributed by atoms with van der Waals surface area (Å²) >= 11 is 0. The molecule has 1 N–H and O–H groups in total. The average Bonchev–Trinajstić information content (AvgIpc) is 2.44. The quantitative estimate of drug-likeness (QED) is 0.828.